The maximum Gasteiger partial charge on any atom is 0.159 e. The van der Waals surface area contributed by atoms with E-state index >= 15 is 0 Å². The van der Waals surface area contributed by atoms with Crippen molar-refractivity contribution in [1.29, 1.82) is 0 Å². The van der Waals surface area contributed by atoms with Crippen molar-refractivity contribution in [3.63, 3.8) is 0 Å². The second kappa shape index (κ2) is 8.27. The van der Waals surface area contributed by atoms with Crippen LogP contribution in [0.15, 0.2) is 59.7 Å². The molecule has 0 fully saturated rings. The van der Waals surface area contributed by atoms with E-state index in [1.54, 1.807) is 4.52 Å². The van der Waals surface area contributed by atoms with Gasteiger partial charge >= 0.3 is 0 Å². The molecule has 7 nitrogen and oxygen atoms in total. The number of fused-ring (bicyclic) bond motifs is 1. The molecular formula is C23H19BrF2N6O. The summed E-state index contributed by atoms with van der Waals surface area (Å²) in [5.41, 5.74) is 0.957. The number of aliphatic hydroxyl groups is 1. The lowest BCUT2D eigenvalue weighted by molar-refractivity contribution is 0.101. The second-order valence-corrected chi connectivity index (χ2v) is 8.91. The minimum atomic E-state index is -1.56. The average Bonchev–Trinajstić information content (AvgIpc) is 3.21. The number of rotatable bonds is 4. The summed E-state index contributed by atoms with van der Waals surface area (Å²) >= 11 is 3.48. The zero-order valence-corrected chi connectivity index (χ0v) is 19.2. The van der Waals surface area contributed by atoms with Crippen molar-refractivity contribution in [3.8, 4) is 0 Å². The Balaban J connectivity index is 1.35. The van der Waals surface area contributed by atoms with Gasteiger partial charge in [0.1, 0.15) is 17.4 Å². The van der Waals surface area contributed by atoms with Gasteiger partial charge < -0.3 is 10.0 Å². The van der Waals surface area contributed by atoms with E-state index in [-0.39, 0.29) is 5.56 Å². The summed E-state index contributed by atoms with van der Waals surface area (Å²) in [5, 5.41) is 15.1. The summed E-state index contributed by atoms with van der Waals surface area (Å²) in [4.78, 5) is 15.5. The molecule has 0 amide bonds. The molecule has 0 radical (unpaired) electrons. The number of benzene rings is 1. The molecule has 1 unspecified atom stereocenters. The Morgan fingerprint density at radius 2 is 1.85 bits per heavy atom. The summed E-state index contributed by atoms with van der Waals surface area (Å²) < 4.78 is 29.6. The topological polar surface area (TPSA) is 79.4 Å². The van der Waals surface area contributed by atoms with E-state index in [4.69, 9.17) is 0 Å². The van der Waals surface area contributed by atoms with Crippen LogP contribution in [0.4, 0.5) is 14.6 Å². The minimum absolute atomic E-state index is 0.221. The maximum atomic E-state index is 13.6. The van der Waals surface area contributed by atoms with E-state index in [9.17, 15) is 13.9 Å². The van der Waals surface area contributed by atoms with Crippen LogP contribution in [0.3, 0.4) is 0 Å². The summed E-state index contributed by atoms with van der Waals surface area (Å²) in [6, 6.07) is 5.30. The molecule has 0 bridgehead atoms. The molecule has 1 aromatic carbocycles. The Hall–Kier alpha value is -3.24. The van der Waals surface area contributed by atoms with E-state index in [1.165, 1.54) is 31.7 Å². The Labute approximate surface area is 196 Å². The fourth-order valence-electron chi connectivity index (χ4n) is 3.90. The van der Waals surface area contributed by atoms with Crippen molar-refractivity contribution in [2.24, 2.45) is 0 Å². The highest BCUT2D eigenvalue weighted by molar-refractivity contribution is 9.10. The molecular weight excluding hydrogens is 494 g/mol. The molecule has 0 saturated carbocycles. The molecule has 4 aromatic rings. The SMILES string of the molecule is CC(O)(c1cnc(C2=CCN(c3ncnn4cc(Br)cc34)CC2)nc1)c1ccc(F)c(F)c1. The van der Waals surface area contributed by atoms with Crippen LogP contribution in [0.1, 0.15) is 30.3 Å². The van der Waals surface area contributed by atoms with E-state index in [1.807, 2.05) is 12.3 Å². The van der Waals surface area contributed by atoms with Gasteiger partial charge in [0.15, 0.2) is 23.3 Å². The van der Waals surface area contributed by atoms with Crippen LogP contribution >= 0.6 is 15.9 Å². The van der Waals surface area contributed by atoms with Crippen LogP contribution in [0, 0.1) is 11.6 Å². The van der Waals surface area contributed by atoms with Crippen LogP contribution in [0.2, 0.25) is 0 Å². The molecule has 168 valence electrons. The summed E-state index contributed by atoms with van der Waals surface area (Å²) in [6.07, 6.45) is 9.23. The molecule has 1 aliphatic heterocycles. The van der Waals surface area contributed by atoms with Gasteiger partial charge in [-0.15, -0.1) is 0 Å². The van der Waals surface area contributed by atoms with Crippen LogP contribution in [0.5, 0.6) is 0 Å². The van der Waals surface area contributed by atoms with Gasteiger partial charge in [0.25, 0.3) is 0 Å². The summed E-state index contributed by atoms with van der Waals surface area (Å²) in [5.74, 6) is -0.565. The number of halogens is 3. The molecule has 1 aliphatic rings. The number of hydrogen-bond acceptors (Lipinski definition) is 6. The van der Waals surface area contributed by atoms with Gasteiger partial charge in [0.05, 0.1) is 0 Å². The predicted molar refractivity (Wildman–Crippen MR) is 123 cm³/mol. The summed E-state index contributed by atoms with van der Waals surface area (Å²) in [7, 11) is 0. The first-order chi connectivity index (χ1) is 15.8. The predicted octanol–water partition coefficient (Wildman–Crippen LogP) is 4.11. The zero-order valence-electron chi connectivity index (χ0n) is 17.6. The van der Waals surface area contributed by atoms with E-state index < -0.39 is 17.2 Å². The first-order valence-corrected chi connectivity index (χ1v) is 11.1. The number of hydrogen-bond donors (Lipinski definition) is 1. The first kappa shape index (κ1) is 21.6. The van der Waals surface area contributed by atoms with Crippen molar-refractivity contribution in [1.82, 2.24) is 24.6 Å². The van der Waals surface area contributed by atoms with E-state index in [0.717, 1.165) is 46.5 Å². The molecule has 1 atom stereocenters. The molecule has 0 spiro atoms. The van der Waals surface area contributed by atoms with Gasteiger partial charge in [-0.1, -0.05) is 12.1 Å². The Bertz CT molecular complexity index is 1370. The number of nitrogens with zero attached hydrogens (tertiary/aromatic N) is 6. The van der Waals surface area contributed by atoms with Crippen LogP contribution < -0.4 is 4.90 Å². The van der Waals surface area contributed by atoms with Gasteiger partial charge in [0.2, 0.25) is 0 Å². The zero-order chi connectivity index (χ0) is 23.2. The highest BCUT2D eigenvalue weighted by Crippen LogP contribution is 2.31. The third-order valence-electron chi connectivity index (χ3n) is 5.84. The van der Waals surface area contributed by atoms with Gasteiger partial charge in [-0.25, -0.2) is 28.2 Å². The van der Waals surface area contributed by atoms with Gasteiger partial charge in [-0.05, 0) is 58.6 Å². The smallest absolute Gasteiger partial charge is 0.159 e. The van der Waals surface area contributed by atoms with Crippen molar-refractivity contribution in [2.75, 3.05) is 18.0 Å². The number of aromatic nitrogens is 5. The van der Waals surface area contributed by atoms with Crippen LogP contribution in [-0.4, -0.2) is 42.8 Å². The second-order valence-electron chi connectivity index (χ2n) is 7.99. The fourth-order valence-corrected chi connectivity index (χ4v) is 4.32. The number of anilines is 1. The highest BCUT2D eigenvalue weighted by Gasteiger charge is 2.28. The van der Waals surface area contributed by atoms with Crippen molar-refractivity contribution < 1.29 is 13.9 Å². The largest absolute Gasteiger partial charge is 0.381 e. The van der Waals surface area contributed by atoms with Crippen molar-refractivity contribution >= 4 is 32.8 Å². The lowest BCUT2D eigenvalue weighted by atomic mass is 9.90. The maximum absolute atomic E-state index is 13.6. The van der Waals surface area contributed by atoms with Crippen LogP contribution in [-0.2, 0) is 5.60 Å². The molecule has 1 N–H and O–H groups in total. The fraction of sp³-hybridized carbons (Fsp3) is 0.217. The van der Waals surface area contributed by atoms with E-state index in [0.29, 0.717) is 17.9 Å². The Kier molecular flexibility index (Phi) is 5.41. The lowest BCUT2D eigenvalue weighted by Crippen LogP contribution is -2.30. The third-order valence-corrected chi connectivity index (χ3v) is 6.28. The standard InChI is InChI=1S/C23H19BrF2N6O/c1-23(33,15-2-3-18(25)19(26)8-15)16-10-27-21(28-11-16)14-4-6-31(7-5-14)22-20-9-17(24)12-32(20)30-13-29-22/h2-4,8-13,33H,5-7H2,1H3. The Morgan fingerprint density at radius 1 is 1.06 bits per heavy atom. The van der Waals surface area contributed by atoms with Crippen molar-refractivity contribution in [3.05, 3.63) is 88.3 Å². The first-order valence-electron chi connectivity index (χ1n) is 10.3. The lowest BCUT2D eigenvalue weighted by Gasteiger charge is -2.27. The molecule has 3 aromatic heterocycles. The van der Waals surface area contributed by atoms with Crippen LogP contribution in [0.25, 0.3) is 11.1 Å². The molecule has 0 saturated heterocycles. The minimum Gasteiger partial charge on any atom is -0.381 e. The van der Waals surface area contributed by atoms with Gasteiger partial charge in [-0.2, -0.15) is 5.10 Å². The highest BCUT2D eigenvalue weighted by atomic mass is 79.9. The molecule has 0 aliphatic carbocycles. The molecule has 5 rings (SSSR count). The van der Waals surface area contributed by atoms with Crippen molar-refractivity contribution in [2.45, 2.75) is 18.9 Å². The third kappa shape index (κ3) is 4.00. The van der Waals surface area contributed by atoms with E-state index in [2.05, 4.69) is 47.0 Å². The summed E-state index contributed by atoms with van der Waals surface area (Å²) in [6.45, 7) is 2.87. The molecule has 4 heterocycles. The molecule has 10 heteroatoms. The monoisotopic (exact) mass is 512 g/mol. The quantitative estimate of drug-likeness (QED) is 0.443. The van der Waals surface area contributed by atoms with Gasteiger partial charge in [0, 0.05) is 41.7 Å². The normalized spacial score (nSPS) is 16.0. The molecule has 33 heavy (non-hydrogen) atoms. The Morgan fingerprint density at radius 3 is 2.55 bits per heavy atom. The van der Waals surface area contributed by atoms with Gasteiger partial charge in [-0.3, -0.25) is 0 Å². The average molecular weight is 513 g/mol.